The number of para-hydroxylation sites is 1. The van der Waals surface area contributed by atoms with Crippen LogP contribution >= 0.6 is 0 Å². The lowest BCUT2D eigenvalue weighted by molar-refractivity contribution is 0.0390. The van der Waals surface area contributed by atoms with Crippen LogP contribution in [0, 0.1) is 0 Å². The van der Waals surface area contributed by atoms with Crippen molar-refractivity contribution < 1.29 is 27.4 Å². The van der Waals surface area contributed by atoms with Crippen molar-refractivity contribution in [3.8, 4) is 22.8 Å². The van der Waals surface area contributed by atoms with Crippen LogP contribution in [0.4, 0.5) is 0 Å². The Morgan fingerprint density at radius 3 is 2.38 bits per heavy atom. The van der Waals surface area contributed by atoms with E-state index in [1.165, 1.54) is 30.3 Å². The number of nitrogens with zero attached hydrogens (tertiary/aromatic N) is 2. The largest absolute Gasteiger partial charge is 0.496 e. The van der Waals surface area contributed by atoms with E-state index >= 15 is 0 Å². The highest BCUT2D eigenvalue weighted by Gasteiger charge is 2.18. The van der Waals surface area contributed by atoms with E-state index in [1.807, 2.05) is 31.3 Å². The Balaban J connectivity index is 1.33. The number of fused-ring (bicyclic) bond motifs is 1. The number of allylic oxidation sites excluding steroid dienone is 1. The zero-order valence-corrected chi connectivity index (χ0v) is 24.8. The van der Waals surface area contributed by atoms with E-state index in [0.717, 1.165) is 35.2 Å². The van der Waals surface area contributed by atoms with Crippen molar-refractivity contribution in [3.05, 3.63) is 83.9 Å². The van der Waals surface area contributed by atoms with Crippen molar-refractivity contribution in [2.45, 2.75) is 4.90 Å². The van der Waals surface area contributed by atoms with Gasteiger partial charge < -0.3 is 18.8 Å². The molecule has 0 aliphatic carbocycles. The van der Waals surface area contributed by atoms with Gasteiger partial charge in [-0.05, 0) is 54.6 Å². The van der Waals surface area contributed by atoms with Gasteiger partial charge in [0.2, 0.25) is 10.0 Å². The van der Waals surface area contributed by atoms with E-state index in [2.05, 4.69) is 32.4 Å². The molecule has 1 aromatic heterocycles. The maximum absolute atomic E-state index is 13.0. The highest BCUT2D eigenvalue weighted by atomic mass is 32.2. The minimum atomic E-state index is -3.69. The van der Waals surface area contributed by atoms with Gasteiger partial charge in [0.15, 0.2) is 5.78 Å². The number of morpholine rings is 1. The van der Waals surface area contributed by atoms with Crippen molar-refractivity contribution in [1.82, 2.24) is 14.2 Å². The van der Waals surface area contributed by atoms with E-state index in [4.69, 9.17) is 14.2 Å². The number of ketones is 1. The molecule has 5 rings (SSSR count). The summed E-state index contributed by atoms with van der Waals surface area (Å²) >= 11 is 0. The van der Waals surface area contributed by atoms with Crippen LogP contribution in [0.2, 0.25) is 0 Å². The molecule has 1 aliphatic rings. The molecule has 0 atom stereocenters. The number of hydrogen-bond acceptors (Lipinski definition) is 7. The highest BCUT2D eigenvalue weighted by Crippen LogP contribution is 2.38. The Bertz CT molecular complexity index is 1700. The number of carbonyl (C=O) groups excluding carboxylic acids is 1. The third kappa shape index (κ3) is 6.42. The van der Waals surface area contributed by atoms with Gasteiger partial charge in [0.25, 0.3) is 0 Å². The van der Waals surface area contributed by atoms with Crippen LogP contribution in [0.3, 0.4) is 0 Å². The molecule has 9 nitrogen and oxygen atoms in total. The molecular weight excluding hydrogens is 554 g/mol. The van der Waals surface area contributed by atoms with Crippen LogP contribution in [0.1, 0.15) is 15.9 Å². The van der Waals surface area contributed by atoms with Gasteiger partial charge in [0.1, 0.15) is 11.5 Å². The summed E-state index contributed by atoms with van der Waals surface area (Å²) in [4.78, 5) is 15.3. The van der Waals surface area contributed by atoms with Crippen molar-refractivity contribution in [2.75, 3.05) is 53.6 Å². The smallest absolute Gasteiger partial charge is 0.240 e. The van der Waals surface area contributed by atoms with Gasteiger partial charge >= 0.3 is 0 Å². The number of aryl methyl sites for hydroxylation is 1. The van der Waals surface area contributed by atoms with Crippen LogP contribution in [-0.2, 0) is 21.8 Å². The standard InChI is InChI=1S/C32H35N3O6S/c1-34-28-7-5-4-6-24(28)21-29(34)27-20-25(31(39-2)22-32(27)40-3)10-13-30(36)23-8-11-26(12-9-23)42(37,38)33-14-15-35-16-18-41-19-17-35/h4-13,20-22,33H,14-19H2,1-3H3. The van der Waals surface area contributed by atoms with Gasteiger partial charge in [-0.25, -0.2) is 13.1 Å². The molecule has 220 valence electrons. The molecule has 4 aromatic rings. The molecule has 1 fully saturated rings. The third-order valence-electron chi connectivity index (χ3n) is 7.47. The summed E-state index contributed by atoms with van der Waals surface area (Å²) in [5.74, 6) is 0.947. The molecule has 0 unspecified atom stereocenters. The monoisotopic (exact) mass is 589 g/mol. The molecule has 0 bridgehead atoms. The Labute approximate surface area is 246 Å². The first-order chi connectivity index (χ1) is 20.3. The number of benzene rings is 3. The van der Waals surface area contributed by atoms with Crippen molar-refractivity contribution in [1.29, 1.82) is 0 Å². The van der Waals surface area contributed by atoms with Crippen LogP contribution in [-0.4, -0.2) is 77.3 Å². The highest BCUT2D eigenvalue weighted by molar-refractivity contribution is 7.89. The third-order valence-corrected chi connectivity index (χ3v) is 8.94. The molecule has 1 N–H and O–H groups in total. The van der Waals surface area contributed by atoms with Crippen LogP contribution < -0.4 is 14.2 Å². The zero-order chi connectivity index (χ0) is 29.7. The normalized spacial score (nSPS) is 14.5. The van der Waals surface area contributed by atoms with E-state index in [0.29, 0.717) is 48.9 Å². The topological polar surface area (TPSA) is 99.1 Å². The predicted octanol–water partition coefficient (Wildman–Crippen LogP) is 4.37. The molecule has 2 heterocycles. The lowest BCUT2D eigenvalue weighted by atomic mass is 10.0. The van der Waals surface area contributed by atoms with Crippen molar-refractivity contribution in [2.24, 2.45) is 7.05 Å². The fraction of sp³-hybridized carbons (Fsp3) is 0.281. The first-order valence-electron chi connectivity index (χ1n) is 13.7. The van der Waals surface area contributed by atoms with Crippen LogP contribution in [0.5, 0.6) is 11.5 Å². The second-order valence-corrected chi connectivity index (χ2v) is 11.8. The number of ether oxygens (including phenoxy) is 3. The molecule has 1 saturated heterocycles. The Hall–Kier alpha value is -3.96. The summed E-state index contributed by atoms with van der Waals surface area (Å²) in [5.41, 5.74) is 4.00. The number of methoxy groups -OCH3 is 2. The van der Waals surface area contributed by atoms with Crippen LogP contribution in [0.15, 0.2) is 77.7 Å². The molecule has 3 aromatic carbocycles. The molecule has 42 heavy (non-hydrogen) atoms. The van der Waals surface area contributed by atoms with Gasteiger partial charge in [-0.3, -0.25) is 9.69 Å². The molecular formula is C32H35N3O6S. The first-order valence-corrected chi connectivity index (χ1v) is 15.2. The fourth-order valence-electron chi connectivity index (χ4n) is 5.11. The summed E-state index contributed by atoms with van der Waals surface area (Å²) in [7, 11) is 1.50. The average Bonchev–Trinajstić information content (AvgIpc) is 3.35. The average molecular weight is 590 g/mol. The molecule has 0 spiro atoms. The number of carbonyl (C=O) groups is 1. The Kier molecular flexibility index (Phi) is 9.08. The first kappa shape index (κ1) is 29.5. The van der Waals surface area contributed by atoms with Gasteiger partial charge in [-0.1, -0.05) is 18.2 Å². The lowest BCUT2D eigenvalue weighted by Crippen LogP contribution is -2.41. The molecule has 0 radical (unpaired) electrons. The van der Waals surface area contributed by atoms with E-state index in [1.54, 1.807) is 20.3 Å². The summed E-state index contributed by atoms with van der Waals surface area (Å²) in [6.45, 7) is 3.82. The van der Waals surface area contributed by atoms with Crippen molar-refractivity contribution in [3.63, 3.8) is 0 Å². The maximum Gasteiger partial charge on any atom is 0.240 e. The Morgan fingerprint density at radius 2 is 1.69 bits per heavy atom. The van der Waals surface area contributed by atoms with E-state index in [9.17, 15) is 13.2 Å². The second kappa shape index (κ2) is 12.9. The summed E-state index contributed by atoms with van der Waals surface area (Å²) < 4.78 is 46.8. The second-order valence-electron chi connectivity index (χ2n) is 10.0. The quantitative estimate of drug-likeness (QED) is 0.205. The number of hydrogen-bond donors (Lipinski definition) is 1. The maximum atomic E-state index is 13.0. The minimum Gasteiger partial charge on any atom is -0.496 e. The SMILES string of the molecule is COc1cc(OC)c(-c2cc3ccccc3n2C)cc1C=CC(=O)c1ccc(S(=O)(=O)NCCN2CCOCC2)cc1. The zero-order valence-electron chi connectivity index (χ0n) is 24.0. The minimum absolute atomic E-state index is 0.112. The molecule has 0 saturated carbocycles. The number of aromatic nitrogens is 1. The lowest BCUT2D eigenvalue weighted by Gasteiger charge is -2.26. The Morgan fingerprint density at radius 1 is 0.976 bits per heavy atom. The molecule has 0 amide bonds. The van der Waals surface area contributed by atoms with Crippen molar-refractivity contribution >= 4 is 32.8 Å². The van der Waals surface area contributed by atoms with Gasteiger partial charge in [0.05, 0.1) is 38.0 Å². The van der Waals surface area contributed by atoms with Gasteiger partial charge in [-0.2, -0.15) is 0 Å². The number of sulfonamides is 1. The van der Waals surface area contributed by atoms with Crippen LogP contribution in [0.25, 0.3) is 28.2 Å². The van der Waals surface area contributed by atoms with Gasteiger partial charge in [-0.15, -0.1) is 0 Å². The summed E-state index contributed by atoms with van der Waals surface area (Å²) in [6.07, 6.45) is 3.16. The number of rotatable bonds is 11. The number of nitrogens with one attached hydrogen (secondary N) is 1. The van der Waals surface area contributed by atoms with E-state index in [-0.39, 0.29) is 10.7 Å². The summed E-state index contributed by atoms with van der Waals surface area (Å²) in [5, 5.41) is 1.11. The van der Waals surface area contributed by atoms with E-state index < -0.39 is 10.0 Å². The summed E-state index contributed by atoms with van der Waals surface area (Å²) in [6, 6.07) is 19.9. The molecule has 1 aliphatic heterocycles. The fourth-order valence-corrected chi connectivity index (χ4v) is 6.13. The molecule has 10 heteroatoms. The predicted molar refractivity (Wildman–Crippen MR) is 164 cm³/mol. The van der Waals surface area contributed by atoms with Gasteiger partial charge in [0, 0.05) is 66.9 Å².